The Morgan fingerprint density at radius 2 is 1.61 bits per heavy atom. The monoisotopic (exact) mass is 523 g/mol. The van der Waals surface area contributed by atoms with Gasteiger partial charge in [-0.2, -0.15) is 9.97 Å². The Balaban J connectivity index is 1.37. The maximum Gasteiger partial charge on any atom is 0.355 e. The molecule has 2 aromatic carbocycles. The molecule has 0 saturated heterocycles. The molecule has 0 spiro atoms. The standard InChI is InChI=1S/C24H19Cl2N7O3/c25-16-2-1-3-17(26)20(16)33-21(27)15-12-28-23(30-22(15)31-24(33)36)29-14-6-4-13(5-7-14)10-11-32-18(34)8-9-19(32)35/h1-9,12,34-35H,10-11,27H2,(H,29,30,31,36). The van der Waals surface area contributed by atoms with E-state index < -0.39 is 5.69 Å². The fourth-order valence-corrected chi connectivity index (χ4v) is 4.35. The summed E-state index contributed by atoms with van der Waals surface area (Å²) in [5.74, 6) is 0.318. The Labute approximate surface area is 214 Å². The van der Waals surface area contributed by atoms with Crippen LogP contribution in [-0.2, 0) is 13.0 Å². The second kappa shape index (κ2) is 9.40. The van der Waals surface area contributed by atoms with E-state index >= 15 is 0 Å². The Kier molecular flexibility index (Phi) is 6.13. The molecule has 0 aliphatic heterocycles. The van der Waals surface area contributed by atoms with E-state index in [-0.39, 0.29) is 44.9 Å². The van der Waals surface area contributed by atoms with E-state index in [1.54, 1.807) is 18.2 Å². The van der Waals surface area contributed by atoms with Gasteiger partial charge < -0.3 is 21.3 Å². The number of rotatable bonds is 6. The largest absolute Gasteiger partial charge is 0.494 e. The van der Waals surface area contributed by atoms with Crippen molar-refractivity contribution in [2.45, 2.75) is 13.0 Å². The van der Waals surface area contributed by atoms with Crippen LogP contribution in [0.25, 0.3) is 16.7 Å². The third-order valence-electron chi connectivity index (χ3n) is 5.61. The van der Waals surface area contributed by atoms with E-state index in [9.17, 15) is 15.0 Å². The fraction of sp³-hybridized carbons (Fsp3) is 0.0833. The van der Waals surface area contributed by atoms with Crippen molar-refractivity contribution in [3.63, 3.8) is 0 Å². The first-order valence-electron chi connectivity index (χ1n) is 10.7. The zero-order chi connectivity index (χ0) is 25.4. The molecule has 0 radical (unpaired) electrons. The molecule has 5 N–H and O–H groups in total. The Bertz CT molecular complexity index is 1610. The van der Waals surface area contributed by atoms with E-state index in [2.05, 4.69) is 20.3 Å². The van der Waals surface area contributed by atoms with Gasteiger partial charge in [0.15, 0.2) is 17.4 Å². The summed E-state index contributed by atoms with van der Waals surface area (Å²) >= 11 is 12.5. The van der Waals surface area contributed by atoms with Crippen LogP contribution in [0.5, 0.6) is 11.8 Å². The number of para-hydroxylation sites is 1. The molecule has 0 atom stereocenters. The van der Waals surface area contributed by atoms with Gasteiger partial charge in [-0.05, 0) is 36.2 Å². The third-order valence-corrected chi connectivity index (χ3v) is 6.22. The van der Waals surface area contributed by atoms with Gasteiger partial charge in [-0.3, -0.25) is 4.57 Å². The zero-order valence-electron chi connectivity index (χ0n) is 18.6. The number of nitrogens with two attached hydrogens (primary N) is 1. The van der Waals surface area contributed by atoms with E-state index in [0.717, 1.165) is 10.1 Å². The lowest BCUT2D eigenvalue weighted by Gasteiger charge is -2.14. The summed E-state index contributed by atoms with van der Waals surface area (Å²) in [7, 11) is 0. The minimum atomic E-state index is -0.677. The summed E-state index contributed by atoms with van der Waals surface area (Å²) in [4.78, 5) is 25.5. The average Bonchev–Trinajstić information content (AvgIpc) is 3.17. The molecule has 3 aromatic heterocycles. The highest BCUT2D eigenvalue weighted by molar-refractivity contribution is 6.37. The lowest BCUT2D eigenvalue weighted by atomic mass is 10.1. The molecule has 5 aromatic rings. The first-order valence-corrected chi connectivity index (χ1v) is 11.5. The molecule has 182 valence electrons. The van der Waals surface area contributed by atoms with Crippen molar-refractivity contribution in [3.05, 3.63) is 86.9 Å². The quantitative estimate of drug-likeness (QED) is 0.258. The van der Waals surface area contributed by atoms with Crippen molar-refractivity contribution in [1.29, 1.82) is 0 Å². The number of fused-ring (bicyclic) bond motifs is 1. The van der Waals surface area contributed by atoms with Crippen molar-refractivity contribution in [3.8, 4) is 17.4 Å². The third kappa shape index (κ3) is 4.39. The molecule has 0 aliphatic carbocycles. The molecule has 10 nitrogen and oxygen atoms in total. The molecule has 5 rings (SSSR count). The minimum Gasteiger partial charge on any atom is -0.494 e. The van der Waals surface area contributed by atoms with Crippen molar-refractivity contribution in [2.75, 3.05) is 11.1 Å². The number of nitrogen functional groups attached to an aromatic ring is 1. The molecule has 36 heavy (non-hydrogen) atoms. The fourth-order valence-electron chi connectivity index (χ4n) is 3.78. The smallest absolute Gasteiger partial charge is 0.355 e. The Hall–Kier alpha value is -4.28. The number of aryl methyl sites for hydroxylation is 1. The van der Waals surface area contributed by atoms with Gasteiger partial charge in [0.1, 0.15) is 5.82 Å². The zero-order valence-corrected chi connectivity index (χ0v) is 20.1. The van der Waals surface area contributed by atoms with Gasteiger partial charge >= 0.3 is 5.69 Å². The van der Waals surface area contributed by atoms with Gasteiger partial charge in [0.05, 0.1) is 21.1 Å². The molecular formula is C24H19Cl2N7O3. The lowest BCUT2D eigenvalue weighted by Crippen LogP contribution is -2.25. The highest BCUT2D eigenvalue weighted by Crippen LogP contribution is 2.30. The molecule has 12 heteroatoms. The Morgan fingerprint density at radius 1 is 0.944 bits per heavy atom. The molecular weight excluding hydrogens is 505 g/mol. The molecule has 0 amide bonds. The molecule has 0 unspecified atom stereocenters. The van der Waals surface area contributed by atoms with E-state index in [1.165, 1.54) is 22.9 Å². The number of halogens is 2. The van der Waals surface area contributed by atoms with Crippen molar-refractivity contribution in [2.24, 2.45) is 0 Å². The van der Waals surface area contributed by atoms with Gasteiger partial charge in [0, 0.05) is 30.6 Å². The highest BCUT2D eigenvalue weighted by Gasteiger charge is 2.17. The van der Waals surface area contributed by atoms with Crippen LogP contribution in [0.2, 0.25) is 10.0 Å². The van der Waals surface area contributed by atoms with Crippen LogP contribution in [0, 0.1) is 0 Å². The number of nitrogens with one attached hydrogen (secondary N) is 1. The summed E-state index contributed by atoms with van der Waals surface area (Å²) in [6, 6.07) is 15.2. The molecule has 0 bridgehead atoms. The van der Waals surface area contributed by atoms with Crippen LogP contribution in [0.1, 0.15) is 5.56 Å². The van der Waals surface area contributed by atoms with Crippen molar-refractivity contribution in [1.82, 2.24) is 24.1 Å². The predicted octanol–water partition coefficient (Wildman–Crippen LogP) is 4.26. The second-order valence-electron chi connectivity index (χ2n) is 7.89. The maximum absolute atomic E-state index is 12.8. The van der Waals surface area contributed by atoms with Gasteiger partial charge in [0.2, 0.25) is 5.95 Å². The number of aromatic hydroxyl groups is 2. The first-order chi connectivity index (χ1) is 17.3. The number of nitrogens with zero attached hydrogens (tertiary/aromatic N) is 5. The van der Waals surface area contributed by atoms with Crippen LogP contribution >= 0.6 is 23.2 Å². The van der Waals surface area contributed by atoms with Crippen LogP contribution in [0.4, 0.5) is 17.5 Å². The molecule has 0 fully saturated rings. The number of hydrogen-bond donors (Lipinski definition) is 4. The highest BCUT2D eigenvalue weighted by atomic mass is 35.5. The summed E-state index contributed by atoms with van der Waals surface area (Å²) in [5, 5.41) is 23.5. The summed E-state index contributed by atoms with van der Waals surface area (Å²) in [6.07, 6.45) is 2.07. The Morgan fingerprint density at radius 3 is 2.28 bits per heavy atom. The van der Waals surface area contributed by atoms with Gasteiger partial charge in [-0.15, -0.1) is 0 Å². The average molecular weight is 524 g/mol. The maximum atomic E-state index is 12.8. The van der Waals surface area contributed by atoms with Crippen LogP contribution < -0.4 is 16.7 Å². The lowest BCUT2D eigenvalue weighted by molar-refractivity contribution is 0.368. The molecule has 3 heterocycles. The first kappa shape index (κ1) is 23.5. The molecule has 0 aliphatic rings. The second-order valence-corrected chi connectivity index (χ2v) is 8.70. The van der Waals surface area contributed by atoms with Crippen LogP contribution in [0.15, 0.2) is 65.6 Å². The number of anilines is 3. The van der Waals surface area contributed by atoms with Crippen LogP contribution in [0.3, 0.4) is 0 Å². The van der Waals surface area contributed by atoms with Gasteiger partial charge in [-0.1, -0.05) is 41.4 Å². The van der Waals surface area contributed by atoms with E-state index in [0.29, 0.717) is 24.0 Å². The van der Waals surface area contributed by atoms with Gasteiger partial charge in [0.25, 0.3) is 0 Å². The number of hydrogen-bond acceptors (Lipinski definition) is 8. The van der Waals surface area contributed by atoms with E-state index in [4.69, 9.17) is 28.9 Å². The minimum absolute atomic E-state index is 0.00945. The summed E-state index contributed by atoms with van der Waals surface area (Å²) < 4.78 is 2.55. The number of benzene rings is 2. The molecule has 0 saturated carbocycles. The normalized spacial score (nSPS) is 11.2. The SMILES string of the molecule is Nc1c2cnc(Nc3ccc(CCn4c(O)ccc4O)cc3)nc2nc(=O)n1-c1c(Cl)cccc1Cl. The summed E-state index contributed by atoms with van der Waals surface area (Å²) in [5.41, 5.74) is 7.66. The van der Waals surface area contributed by atoms with Crippen molar-refractivity contribution < 1.29 is 10.2 Å². The van der Waals surface area contributed by atoms with E-state index in [1.807, 2.05) is 24.3 Å². The topological polar surface area (TPSA) is 144 Å². The van der Waals surface area contributed by atoms with Crippen LogP contribution in [-0.4, -0.2) is 34.3 Å². The predicted molar refractivity (Wildman–Crippen MR) is 139 cm³/mol. The van der Waals surface area contributed by atoms with Crippen molar-refractivity contribution >= 4 is 51.7 Å². The van der Waals surface area contributed by atoms with Gasteiger partial charge in [-0.25, -0.2) is 14.3 Å². The number of aromatic nitrogens is 5. The summed E-state index contributed by atoms with van der Waals surface area (Å²) in [6.45, 7) is 0.426.